The largest absolute Gasteiger partial charge is 0.494 e. The number of dihydropyridines is 1. The normalized spacial score (nSPS) is 15.2. The summed E-state index contributed by atoms with van der Waals surface area (Å²) in [7, 11) is 3.34. The summed E-state index contributed by atoms with van der Waals surface area (Å²) in [5, 5.41) is 14.7. The van der Waals surface area contributed by atoms with Gasteiger partial charge in [-0.1, -0.05) is 25.1 Å². The van der Waals surface area contributed by atoms with E-state index < -0.39 is 0 Å². The van der Waals surface area contributed by atoms with Crippen molar-refractivity contribution in [1.29, 1.82) is 5.41 Å². The second kappa shape index (κ2) is 14.0. The standard InChI is InChI=1S/C31H37N7O3S/c1-5-42-23-13-14-34-22(15-23)18-38(3)31(40)26-12-11-21(17-35-26)24-7-6-8-25(29(24)41-4)36-27(19(2)32)16-28(33)37-30(39)20-9-10-20/h6-8,11-16,20,32,35-36H,5,9-10,17-18H2,1-4H3,(H2,33,37,39)/b27-16+,32-19?. The fraction of sp³-hybridized carbons (Fsp3) is 0.323. The molecule has 1 fully saturated rings. The number of anilines is 1. The molecule has 1 saturated carbocycles. The van der Waals surface area contributed by atoms with Gasteiger partial charge < -0.3 is 31.4 Å². The number of nitrogens with two attached hydrogens (primary N) is 1. The Labute approximate surface area is 250 Å². The van der Waals surface area contributed by atoms with Crippen LogP contribution in [0.4, 0.5) is 5.69 Å². The molecule has 0 atom stereocenters. The van der Waals surface area contributed by atoms with E-state index in [-0.39, 0.29) is 29.3 Å². The number of thioether (sulfide) groups is 1. The molecule has 2 aliphatic rings. The minimum atomic E-state index is -0.226. The number of methoxy groups -OCH3 is 1. The molecule has 11 heteroatoms. The smallest absolute Gasteiger partial charge is 0.270 e. The number of benzene rings is 1. The highest BCUT2D eigenvalue weighted by atomic mass is 32.2. The second-order valence-corrected chi connectivity index (χ2v) is 11.4. The van der Waals surface area contributed by atoms with Crippen molar-refractivity contribution in [3.8, 4) is 5.75 Å². The molecule has 2 heterocycles. The van der Waals surface area contributed by atoms with Crippen molar-refractivity contribution in [3.63, 3.8) is 0 Å². The van der Waals surface area contributed by atoms with Gasteiger partial charge in [-0.3, -0.25) is 14.6 Å². The minimum Gasteiger partial charge on any atom is -0.494 e. The molecule has 220 valence electrons. The number of carbonyl (C=O) groups is 2. The Bertz CT molecular complexity index is 1490. The molecule has 2 amide bonds. The third-order valence-corrected chi connectivity index (χ3v) is 7.57. The van der Waals surface area contributed by atoms with Crippen LogP contribution >= 0.6 is 11.8 Å². The average Bonchev–Trinajstić information content (AvgIpc) is 3.83. The molecule has 1 aliphatic heterocycles. The number of likely N-dealkylation sites (N-methyl/N-ethyl adjacent to an activating group) is 1. The lowest BCUT2D eigenvalue weighted by atomic mass is 10.0. The zero-order valence-electron chi connectivity index (χ0n) is 24.4. The lowest BCUT2D eigenvalue weighted by molar-refractivity contribution is -0.126. The Morgan fingerprint density at radius 1 is 1.31 bits per heavy atom. The van der Waals surface area contributed by atoms with Gasteiger partial charge >= 0.3 is 0 Å². The number of aliphatic imine (C=N–C) groups is 1. The molecule has 0 unspecified atom stereocenters. The number of allylic oxidation sites excluding steroid dienone is 3. The molecule has 1 aromatic heterocycles. The lowest BCUT2D eigenvalue weighted by Crippen LogP contribution is -2.35. The molecule has 0 radical (unpaired) electrons. The number of amidine groups is 1. The highest BCUT2D eigenvalue weighted by Gasteiger charge is 2.29. The summed E-state index contributed by atoms with van der Waals surface area (Å²) in [5.41, 5.74) is 10.3. The van der Waals surface area contributed by atoms with Gasteiger partial charge in [0.1, 0.15) is 17.3 Å². The molecule has 0 spiro atoms. The van der Waals surface area contributed by atoms with Crippen LogP contribution in [0.3, 0.4) is 0 Å². The van der Waals surface area contributed by atoms with E-state index in [0.29, 0.717) is 35.9 Å². The maximum Gasteiger partial charge on any atom is 0.270 e. The summed E-state index contributed by atoms with van der Waals surface area (Å²) in [6.07, 6.45) is 8.62. The van der Waals surface area contributed by atoms with Crippen molar-refractivity contribution < 1.29 is 14.3 Å². The van der Waals surface area contributed by atoms with Gasteiger partial charge in [0.05, 0.1) is 36.4 Å². The first-order valence-electron chi connectivity index (χ1n) is 13.8. The average molecular weight is 588 g/mol. The van der Waals surface area contributed by atoms with Gasteiger partial charge in [0.2, 0.25) is 0 Å². The molecule has 0 saturated heterocycles. The van der Waals surface area contributed by atoms with Crippen molar-refractivity contribution in [2.45, 2.75) is 38.1 Å². The topological polar surface area (TPSA) is 146 Å². The van der Waals surface area contributed by atoms with E-state index >= 15 is 0 Å². The van der Waals surface area contributed by atoms with Gasteiger partial charge in [0.15, 0.2) is 0 Å². The number of nitrogens with one attached hydrogen (secondary N) is 3. The maximum atomic E-state index is 13.1. The Balaban J connectivity index is 1.51. The summed E-state index contributed by atoms with van der Waals surface area (Å²) in [6.45, 7) is 4.54. The van der Waals surface area contributed by atoms with Crippen LogP contribution in [0, 0.1) is 11.3 Å². The van der Waals surface area contributed by atoms with Crippen LogP contribution in [-0.2, 0) is 16.1 Å². The fourth-order valence-electron chi connectivity index (χ4n) is 4.36. The lowest BCUT2D eigenvalue weighted by Gasteiger charge is -2.23. The minimum absolute atomic E-state index is 0.0346. The quantitative estimate of drug-likeness (QED) is 0.163. The number of hydrogen-bond acceptors (Lipinski definition) is 8. The van der Waals surface area contributed by atoms with E-state index in [9.17, 15) is 9.59 Å². The van der Waals surface area contributed by atoms with E-state index in [4.69, 9.17) is 15.9 Å². The number of ether oxygens (including phenoxy) is 1. The summed E-state index contributed by atoms with van der Waals surface area (Å²) in [5.74, 6) is 1.20. The predicted molar refractivity (Wildman–Crippen MR) is 169 cm³/mol. The zero-order chi connectivity index (χ0) is 30.2. The van der Waals surface area contributed by atoms with Crippen LogP contribution in [0.2, 0.25) is 0 Å². The molecule has 1 aliphatic carbocycles. The van der Waals surface area contributed by atoms with Gasteiger partial charge in [0, 0.05) is 42.2 Å². The molecular formula is C31H37N7O3S. The van der Waals surface area contributed by atoms with E-state index in [2.05, 4.69) is 27.5 Å². The molecule has 10 nitrogen and oxygen atoms in total. The molecule has 0 bridgehead atoms. The first kappa shape index (κ1) is 30.6. The van der Waals surface area contributed by atoms with Crippen LogP contribution in [0.5, 0.6) is 5.75 Å². The molecule has 1 aromatic carbocycles. The third-order valence-electron chi connectivity index (χ3n) is 6.69. The van der Waals surface area contributed by atoms with Crippen LogP contribution in [0.1, 0.15) is 37.9 Å². The maximum absolute atomic E-state index is 13.1. The van der Waals surface area contributed by atoms with Crippen molar-refractivity contribution >= 4 is 46.4 Å². The third kappa shape index (κ3) is 7.88. The Kier molecular flexibility index (Phi) is 10.2. The van der Waals surface area contributed by atoms with Crippen molar-refractivity contribution in [2.24, 2.45) is 16.6 Å². The molecule has 4 rings (SSSR count). The number of hydrogen-bond donors (Lipinski definition) is 4. The summed E-state index contributed by atoms with van der Waals surface area (Å²) >= 11 is 1.74. The van der Waals surface area contributed by atoms with Crippen LogP contribution in [0.15, 0.2) is 76.0 Å². The number of nitrogens with zero attached hydrogens (tertiary/aromatic N) is 3. The monoisotopic (exact) mass is 587 g/mol. The highest BCUT2D eigenvalue weighted by Crippen LogP contribution is 2.35. The number of pyridine rings is 1. The van der Waals surface area contributed by atoms with Crippen molar-refractivity contribution in [2.75, 3.05) is 31.8 Å². The number of amides is 2. The first-order valence-corrected chi connectivity index (χ1v) is 14.8. The van der Waals surface area contributed by atoms with E-state index in [1.54, 1.807) is 50.0 Å². The van der Waals surface area contributed by atoms with Gasteiger partial charge in [-0.2, -0.15) is 4.99 Å². The van der Waals surface area contributed by atoms with Gasteiger partial charge in [0.25, 0.3) is 11.8 Å². The number of rotatable bonds is 12. The molecular weight excluding hydrogens is 550 g/mol. The van der Waals surface area contributed by atoms with Gasteiger partial charge in [-0.25, -0.2) is 0 Å². The van der Waals surface area contributed by atoms with E-state index in [1.165, 1.54) is 6.08 Å². The summed E-state index contributed by atoms with van der Waals surface area (Å²) < 4.78 is 5.78. The first-order chi connectivity index (χ1) is 20.2. The molecule has 42 heavy (non-hydrogen) atoms. The predicted octanol–water partition coefficient (Wildman–Crippen LogP) is 4.36. The van der Waals surface area contributed by atoms with Crippen LogP contribution in [0.25, 0.3) is 5.57 Å². The van der Waals surface area contributed by atoms with E-state index in [0.717, 1.165) is 40.3 Å². The number of aromatic nitrogens is 1. The second-order valence-electron chi connectivity index (χ2n) is 10.0. The fourth-order valence-corrected chi connectivity index (χ4v) is 5.07. The Morgan fingerprint density at radius 3 is 2.74 bits per heavy atom. The SMILES string of the molecule is CCSc1ccnc(CN(C)C(=O)C2=CC=C(c3cccc(N/C(=C/C(N)=NC(=O)C4CC4)C(C)=N)c3OC)CN2)c1. The van der Waals surface area contributed by atoms with Gasteiger partial charge in [-0.15, -0.1) is 11.8 Å². The number of para-hydroxylation sites is 1. The van der Waals surface area contributed by atoms with Gasteiger partial charge in [-0.05, 0) is 55.4 Å². The highest BCUT2D eigenvalue weighted by molar-refractivity contribution is 7.99. The number of carbonyl (C=O) groups excluding carboxylic acids is 2. The van der Waals surface area contributed by atoms with Crippen molar-refractivity contribution in [1.82, 2.24) is 15.2 Å². The summed E-state index contributed by atoms with van der Waals surface area (Å²) in [4.78, 5) is 36.3. The van der Waals surface area contributed by atoms with Crippen LogP contribution in [-0.4, -0.2) is 59.7 Å². The summed E-state index contributed by atoms with van der Waals surface area (Å²) in [6, 6.07) is 9.63. The molecule has 2 aromatic rings. The zero-order valence-corrected chi connectivity index (χ0v) is 25.2. The molecule has 5 N–H and O–H groups in total. The Hall–Kier alpha value is -4.38. The van der Waals surface area contributed by atoms with E-state index in [1.807, 2.05) is 36.4 Å². The Morgan fingerprint density at radius 2 is 2.10 bits per heavy atom. The van der Waals surface area contributed by atoms with Crippen LogP contribution < -0.4 is 21.1 Å². The van der Waals surface area contributed by atoms with Crippen molar-refractivity contribution in [3.05, 3.63) is 77.4 Å².